The lowest BCUT2D eigenvalue weighted by atomic mass is 10.0. The third-order valence-corrected chi connectivity index (χ3v) is 4.52. The van der Waals surface area contributed by atoms with E-state index >= 15 is 0 Å². The fourth-order valence-electron chi connectivity index (χ4n) is 3.44. The van der Waals surface area contributed by atoms with Crippen LogP contribution in [-0.4, -0.2) is 30.4 Å². The number of fused-ring (bicyclic) bond motifs is 2. The second-order valence-corrected chi connectivity index (χ2v) is 5.80. The second kappa shape index (κ2) is 4.93. The minimum Gasteiger partial charge on any atom is -0.387 e. The SMILES string of the molecule is CNc1ccc(C(F)(F)F)cc1C(=O)N1CC2CCC1C2. The van der Waals surface area contributed by atoms with Crippen molar-refractivity contribution in [1.82, 2.24) is 4.90 Å². The van der Waals surface area contributed by atoms with E-state index in [-0.39, 0.29) is 17.5 Å². The van der Waals surface area contributed by atoms with E-state index in [1.165, 1.54) is 6.07 Å². The van der Waals surface area contributed by atoms with E-state index in [0.717, 1.165) is 31.4 Å². The van der Waals surface area contributed by atoms with Gasteiger partial charge in [0.1, 0.15) is 0 Å². The van der Waals surface area contributed by atoms with Gasteiger partial charge in [0.2, 0.25) is 0 Å². The number of halogens is 3. The van der Waals surface area contributed by atoms with E-state index in [0.29, 0.717) is 18.2 Å². The van der Waals surface area contributed by atoms with E-state index in [2.05, 4.69) is 5.32 Å². The lowest BCUT2D eigenvalue weighted by Crippen LogP contribution is -2.38. The molecule has 3 rings (SSSR count). The van der Waals surface area contributed by atoms with E-state index in [9.17, 15) is 18.0 Å². The van der Waals surface area contributed by atoms with Gasteiger partial charge in [-0.2, -0.15) is 13.2 Å². The van der Waals surface area contributed by atoms with Crippen molar-refractivity contribution < 1.29 is 18.0 Å². The molecule has 3 nitrogen and oxygen atoms in total. The minimum atomic E-state index is -4.44. The molecule has 1 aromatic rings. The average Bonchev–Trinajstić information content (AvgIpc) is 3.07. The highest BCUT2D eigenvalue weighted by Gasteiger charge is 2.41. The number of alkyl halides is 3. The van der Waals surface area contributed by atoms with Crippen LogP contribution in [-0.2, 0) is 6.18 Å². The van der Waals surface area contributed by atoms with E-state index in [1.807, 2.05) is 0 Å². The molecule has 0 aromatic heterocycles. The molecule has 2 fully saturated rings. The molecule has 1 N–H and O–H groups in total. The maximum atomic E-state index is 12.8. The van der Waals surface area contributed by atoms with Gasteiger partial charge in [0.25, 0.3) is 5.91 Å². The lowest BCUT2D eigenvalue weighted by Gasteiger charge is -2.28. The van der Waals surface area contributed by atoms with Crippen molar-refractivity contribution in [2.75, 3.05) is 18.9 Å². The summed E-state index contributed by atoms with van der Waals surface area (Å²) >= 11 is 0. The molecule has 1 saturated carbocycles. The number of carbonyl (C=O) groups excluding carboxylic acids is 1. The molecule has 2 unspecified atom stereocenters. The number of hydrogen-bond acceptors (Lipinski definition) is 2. The first-order valence-corrected chi connectivity index (χ1v) is 7.10. The second-order valence-electron chi connectivity index (χ2n) is 5.80. The molecule has 1 saturated heterocycles. The molecule has 2 atom stereocenters. The molecule has 0 spiro atoms. The highest BCUT2D eigenvalue weighted by atomic mass is 19.4. The maximum absolute atomic E-state index is 12.8. The van der Waals surface area contributed by atoms with Gasteiger partial charge in [0.05, 0.1) is 11.1 Å². The zero-order chi connectivity index (χ0) is 15.2. The summed E-state index contributed by atoms with van der Waals surface area (Å²) in [7, 11) is 1.61. The summed E-state index contributed by atoms with van der Waals surface area (Å²) in [5.74, 6) is 0.223. The topological polar surface area (TPSA) is 32.3 Å². The Labute approximate surface area is 121 Å². The Balaban J connectivity index is 1.94. The van der Waals surface area contributed by atoms with Crippen LogP contribution in [0.4, 0.5) is 18.9 Å². The number of nitrogens with one attached hydrogen (secondary N) is 1. The molecule has 1 aliphatic carbocycles. The van der Waals surface area contributed by atoms with Gasteiger partial charge in [0, 0.05) is 25.3 Å². The molecular formula is C15H17F3N2O. The van der Waals surface area contributed by atoms with Crippen molar-refractivity contribution in [2.24, 2.45) is 5.92 Å². The zero-order valence-corrected chi connectivity index (χ0v) is 11.7. The summed E-state index contributed by atoms with van der Waals surface area (Å²) in [5, 5.41) is 2.81. The summed E-state index contributed by atoms with van der Waals surface area (Å²) in [6.07, 6.45) is -1.37. The zero-order valence-electron chi connectivity index (χ0n) is 11.7. The van der Waals surface area contributed by atoms with E-state index in [1.54, 1.807) is 11.9 Å². The van der Waals surface area contributed by atoms with E-state index < -0.39 is 11.7 Å². The number of amides is 1. The molecular weight excluding hydrogens is 281 g/mol. The Morgan fingerprint density at radius 2 is 2.10 bits per heavy atom. The Kier molecular flexibility index (Phi) is 3.34. The van der Waals surface area contributed by atoms with Crippen molar-refractivity contribution in [1.29, 1.82) is 0 Å². The third kappa shape index (κ3) is 2.47. The third-order valence-electron chi connectivity index (χ3n) is 4.52. The largest absolute Gasteiger partial charge is 0.416 e. The highest BCUT2D eigenvalue weighted by Crippen LogP contribution is 2.39. The highest BCUT2D eigenvalue weighted by molar-refractivity contribution is 6.00. The van der Waals surface area contributed by atoms with Gasteiger partial charge in [-0.3, -0.25) is 4.79 Å². The smallest absolute Gasteiger partial charge is 0.387 e. The van der Waals surface area contributed by atoms with Crippen LogP contribution < -0.4 is 5.32 Å². The molecule has 1 amide bonds. The molecule has 0 radical (unpaired) electrons. The monoisotopic (exact) mass is 298 g/mol. The van der Waals surface area contributed by atoms with Crippen LogP contribution in [0.1, 0.15) is 35.2 Å². The first-order chi connectivity index (χ1) is 9.90. The fourth-order valence-corrected chi connectivity index (χ4v) is 3.44. The number of likely N-dealkylation sites (tertiary alicyclic amines) is 1. The van der Waals surface area contributed by atoms with Gasteiger partial charge in [0.15, 0.2) is 0 Å². The van der Waals surface area contributed by atoms with Crippen LogP contribution >= 0.6 is 0 Å². The molecule has 2 bridgehead atoms. The predicted octanol–water partition coefficient (Wildman–Crippen LogP) is 3.37. The minimum absolute atomic E-state index is 0.111. The number of anilines is 1. The van der Waals surface area contributed by atoms with Gasteiger partial charge < -0.3 is 10.2 Å². The summed E-state index contributed by atoms with van der Waals surface area (Å²) < 4.78 is 38.5. The summed E-state index contributed by atoms with van der Waals surface area (Å²) in [6, 6.07) is 3.48. The molecule has 114 valence electrons. The molecule has 6 heteroatoms. The van der Waals surface area contributed by atoms with Crippen LogP contribution in [0.5, 0.6) is 0 Å². The van der Waals surface area contributed by atoms with E-state index in [4.69, 9.17) is 0 Å². The number of benzene rings is 1. The quantitative estimate of drug-likeness (QED) is 0.908. The average molecular weight is 298 g/mol. The molecule has 1 aromatic carbocycles. The fraction of sp³-hybridized carbons (Fsp3) is 0.533. The van der Waals surface area contributed by atoms with Crippen LogP contribution in [0.15, 0.2) is 18.2 Å². The number of hydrogen-bond donors (Lipinski definition) is 1. The van der Waals surface area contributed by atoms with Crippen molar-refractivity contribution in [3.63, 3.8) is 0 Å². The Bertz CT molecular complexity index is 571. The number of rotatable bonds is 2. The Morgan fingerprint density at radius 1 is 1.33 bits per heavy atom. The lowest BCUT2D eigenvalue weighted by molar-refractivity contribution is -0.137. The summed E-state index contributed by atoms with van der Waals surface area (Å²) in [4.78, 5) is 14.4. The van der Waals surface area contributed by atoms with Crippen LogP contribution in [0.3, 0.4) is 0 Å². The normalized spacial score (nSPS) is 24.5. The van der Waals surface area contributed by atoms with Crippen molar-refractivity contribution in [3.8, 4) is 0 Å². The van der Waals surface area contributed by atoms with Crippen LogP contribution in [0.2, 0.25) is 0 Å². The first-order valence-electron chi connectivity index (χ1n) is 7.10. The first kappa shape index (κ1) is 14.2. The number of piperidine rings is 1. The number of nitrogens with zero attached hydrogens (tertiary/aromatic N) is 1. The molecule has 2 aliphatic rings. The summed E-state index contributed by atoms with van der Waals surface area (Å²) in [5.41, 5.74) is -0.232. The van der Waals surface area contributed by atoms with Gasteiger partial charge >= 0.3 is 6.18 Å². The molecule has 21 heavy (non-hydrogen) atoms. The van der Waals surface area contributed by atoms with Gasteiger partial charge in [-0.15, -0.1) is 0 Å². The standard InChI is InChI=1S/C15H17F3N2O/c1-19-13-5-3-10(15(16,17)18)7-12(13)14(21)20-8-9-2-4-11(20)6-9/h3,5,7,9,11,19H,2,4,6,8H2,1H3. The summed E-state index contributed by atoms with van der Waals surface area (Å²) in [6.45, 7) is 0.670. The predicted molar refractivity (Wildman–Crippen MR) is 73.2 cm³/mol. The van der Waals surface area contributed by atoms with Crippen molar-refractivity contribution in [3.05, 3.63) is 29.3 Å². The molecule has 1 heterocycles. The molecule has 1 aliphatic heterocycles. The van der Waals surface area contributed by atoms with Crippen molar-refractivity contribution in [2.45, 2.75) is 31.5 Å². The number of carbonyl (C=O) groups is 1. The van der Waals surface area contributed by atoms with Crippen LogP contribution in [0, 0.1) is 5.92 Å². The Hall–Kier alpha value is -1.72. The van der Waals surface area contributed by atoms with Gasteiger partial charge in [-0.25, -0.2) is 0 Å². The van der Waals surface area contributed by atoms with Gasteiger partial charge in [-0.05, 0) is 43.4 Å². The Morgan fingerprint density at radius 3 is 2.62 bits per heavy atom. The maximum Gasteiger partial charge on any atom is 0.416 e. The van der Waals surface area contributed by atoms with Crippen LogP contribution in [0.25, 0.3) is 0 Å². The van der Waals surface area contributed by atoms with Gasteiger partial charge in [-0.1, -0.05) is 0 Å². The van der Waals surface area contributed by atoms with Crippen molar-refractivity contribution >= 4 is 11.6 Å².